The molecule has 0 amide bonds. The third-order valence-corrected chi connectivity index (χ3v) is 2.76. The number of ether oxygens (including phenoxy) is 1. The van der Waals surface area contributed by atoms with E-state index >= 15 is 0 Å². The van der Waals surface area contributed by atoms with Crippen molar-refractivity contribution in [1.29, 1.82) is 0 Å². The van der Waals surface area contributed by atoms with Crippen LogP contribution in [0.25, 0.3) is 0 Å². The normalized spacial score (nSPS) is 12.4. The molecule has 0 fully saturated rings. The third kappa shape index (κ3) is 2.87. The summed E-state index contributed by atoms with van der Waals surface area (Å²) in [5, 5.41) is 7.03. The van der Waals surface area contributed by atoms with Crippen molar-refractivity contribution in [3.05, 3.63) is 47.6 Å². The molecule has 0 saturated carbocycles. The minimum absolute atomic E-state index is 0.0158. The molecule has 0 bridgehead atoms. The number of benzene rings is 1. The van der Waals surface area contributed by atoms with E-state index in [1.165, 1.54) is 19.4 Å². The van der Waals surface area contributed by atoms with E-state index < -0.39 is 0 Å². The molecule has 0 radical (unpaired) electrons. The number of nitrogens with zero attached hydrogens (tertiary/aromatic N) is 1. The molecule has 5 heteroatoms. The topological polar surface area (TPSA) is 47.3 Å². The summed E-state index contributed by atoms with van der Waals surface area (Å²) in [6, 6.07) is 6.73. The lowest BCUT2D eigenvalue weighted by molar-refractivity contribution is 0.385. The van der Waals surface area contributed by atoms with Gasteiger partial charge in [-0.05, 0) is 24.6 Å². The molecule has 0 saturated heterocycles. The number of hydrogen-bond acceptors (Lipinski definition) is 4. The van der Waals surface area contributed by atoms with Crippen LogP contribution in [-0.4, -0.2) is 12.3 Å². The van der Waals surface area contributed by atoms with Crippen molar-refractivity contribution in [1.82, 2.24) is 10.5 Å². The van der Waals surface area contributed by atoms with Gasteiger partial charge in [0.05, 0.1) is 12.8 Å². The number of nitrogens with one attached hydrogen (secondary N) is 1. The standard InChI is InChI=1S/C13H15FN2O2/c1-9(15-8-11-5-6-18-16-11)10-3-4-13(17-2)12(14)7-10/h3-7,9,15H,8H2,1-2H3. The minimum Gasteiger partial charge on any atom is -0.494 e. The van der Waals surface area contributed by atoms with Crippen LogP contribution in [0, 0.1) is 5.82 Å². The summed E-state index contributed by atoms with van der Waals surface area (Å²) in [6.07, 6.45) is 1.52. The molecular formula is C13H15FN2O2. The maximum Gasteiger partial charge on any atom is 0.165 e. The van der Waals surface area contributed by atoms with E-state index in [9.17, 15) is 4.39 Å². The molecule has 0 aliphatic carbocycles. The molecule has 96 valence electrons. The van der Waals surface area contributed by atoms with E-state index in [0.717, 1.165) is 11.3 Å². The van der Waals surface area contributed by atoms with Crippen molar-refractivity contribution < 1.29 is 13.7 Å². The highest BCUT2D eigenvalue weighted by Crippen LogP contribution is 2.21. The maximum absolute atomic E-state index is 13.5. The number of hydrogen-bond donors (Lipinski definition) is 1. The molecule has 4 nitrogen and oxygen atoms in total. The van der Waals surface area contributed by atoms with E-state index in [0.29, 0.717) is 6.54 Å². The van der Waals surface area contributed by atoms with Crippen LogP contribution in [-0.2, 0) is 6.54 Å². The SMILES string of the molecule is COc1ccc(C(C)NCc2ccon2)cc1F. The van der Waals surface area contributed by atoms with E-state index in [-0.39, 0.29) is 17.6 Å². The Balaban J connectivity index is 2.00. The summed E-state index contributed by atoms with van der Waals surface area (Å²) < 4.78 is 23.2. The lowest BCUT2D eigenvalue weighted by Gasteiger charge is -2.14. The van der Waals surface area contributed by atoms with Crippen LogP contribution in [0.3, 0.4) is 0 Å². The van der Waals surface area contributed by atoms with Gasteiger partial charge in [-0.2, -0.15) is 0 Å². The van der Waals surface area contributed by atoms with Gasteiger partial charge in [-0.25, -0.2) is 4.39 Å². The summed E-state index contributed by atoms with van der Waals surface area (Å²) in [6.45, 7) is 2.53. The molecular weight excluding hydrogens is 235 g/mol. The molecule has 0 aliphatic rings. The number of aromatic nitrogens is 1. The van der Waals surface area contributed by atoms with Crippen molar-refractivity contribution in [2.75, 3.05) is 7.11 Å². The van der Waals surface area contributed by atoms with Crippen molar-refractivity contribution in [2.24, 2.45) is 0 Å². The quantitative estimate of drug-likeness (QED) is 0.886. The van der Waals surface area contributed by atoms with Crippen molar-refractivity contribution >= 4 is 0 Å². The highest BCUT2D eigenvalue weighted by Gasteiger charge is 2.09. The monoisotopic (exact) mass is 250 g/mol. The fraction of sp³-hybridized carbons (Fsp3) is 0.308. The van der Waals surface area contributed by atoms with Gasteiger partial charge in [-0.1, -0.05) is 11.2 Å². The zero-order valence-corrected chi connectivity index (χ0v) is 10.3. The maximum atomic E-state index is 13.5. The van der Waals surface area contributed by atoms with Crippen LogP contribution in [0.1, 0.15) is 24.2 Å². The minimum atomic E-state index is -0.356. The number of halogens is 1. The van der Waals surface area contributed by atoms with Gasteiger partial charge in [0.25, 0.3) is 0 Å². The fourth-order valence-corrected chi connectivity index (χ4v) is 1.66. The molecule has 0 spiro atoms. The summed E-state index contributed by atoms with van der Waals surface area (Å²) in [4.78, 5) is 0. The molecule has 0 aliphatic heterocycles. The number of methoxy groups -OCH3 is 1. The summed E-state index contributed by atoms with van der Waals surface area (Å²) >= 11 is 0. The molecule has 1 aromatic carbocycles. The Bertz CT molecular complexity index is 500. The highest BCUT2D eigenvalue weighted by atomic mass is 19.1. The van der Waals surface area contributed by atoms with Crippen molar-refractivity contribution in [3.8, 4) is 5.75 Å². The Labute approximate surface area is 105 Å². The van der Waals surface area contributed by atoms with Gasteiger partial charge in [0.15, 0.2) is 11.6 Å². The Morgan fingerprint density at radius 2 is 2.28 bits per heavy atom. The molecule has 1 heterocycles. The lowest BCUT2D eigenvalue weighted by Crippen LogP contribution is -2.18. The largest absolute Gasteiger partial charge is 0.494 e. The first-order chi connectivity index (χ1) is 8.70. The average molecular weight is 250 g/mol. The predicted octanol–water partition coefficient (Wildman–Crippen LogP) is 2.67. The van der Waals surface area contributed by atoms with Gasteiger partial charge >= 0.3 is 0 Å². The Morgan fingerprint density at radius 3 is 2.89 bits per heavy atom. The first-order valence-corrected chi connectivity index (χ1v) is 5.67. The first kappa shape index (κ1) is 12.6. The second-order valence-corrected chi connectivity index (χ2v) is 3.99. The highest BCUT2D eigenvalue weighted by molar-refractivity contribution is 5.30. The Morgan fingerprint density at radius 1 is 1.44 bits per heavy atom. The summed E-state index contributed by atoms with van der Waals surface area (Å²) in [5.41, 5.74) is 1.67. The van der Waals surface area contributed by atoms with Gasteiger partial charge in [-0.15, -0.1) is 0 Å². The van der Waals surface area contributed by atoms with Gasteiger partial charge in [0.1, 0.15) is 6.26 Å². The van der Waals surface area contributed by atoms with Crippen LogP contribution in [0.2, 0.25) is 0 Å². The van der Waals surface area contributed by atoms with E-state index in [1.807, 2.05) is 13.0 Å². The third-order valence-electron chi connectivity index (χ3n) is 2.76. The van der Waals surface area contributed by atoms with E-state index in [4.69, 9.17) is 9.26 Å². The predicted molar refractivity (Wildman–Crippen MR) is 64.7 cm³/mol. The van der Waals surface area contributed by atoms with Crippen molar-refractivity contribution in [3.63, 3.8) is 0 Å². The van der Waals surface area contributed by atoms with Crippen LogP contribution >= 0.6 is 0 Å². The van der Waals surface area contributed by atoms with E-state index in [2.05, 4.69) is 10.5 Å². The molecule has 18 heavy (non-hydrogen) atoms. The lowest BCUT2D eigenvalue weighted by atomic mass is 10.1. The summed E-state index contributed by atoms with van der Waals surface area (Å²) in [7, 11) is 1.45. The van der Waals surface area contributed by atoms with Crippen LogP contribution < -0.4 is 10.1 Å². The molecule has 1 atom stereocenters. The second-order valence-electron chi connectivity index (χ2n) is 3.99. The molecule has 1 unspecified atom stereocenters. The van der Waals surface area contributed by atoms with Gasteiger partial charge in [0.2, 0.25) is 0 Å². The Kier molecular flexibility index (Phi) is 3.94. The summed E-state index contributed by atoms with van der Waals surface area (Å²) in [5.74, 6) is -0.104. The second kappa shape index (κ2) is 5.64. The van der Waals surface area contributed by atoms with Crippen LogP contribution in [0.5, 0.6) is 5.75 Å². The van der Waals surface area contributed by atoms with E-state index in [1.54, 1.807) is 12.1 Å². The fourth-order valence-electron chi connectivity index (χ4n) is 1.66. The Hall–Kier alpha value is -1.88. The molecule has 2 rings (SSSR count). The van der Waals surface area contributed by atoms with Gasteiger partial charge < -0.3 is 14.6 Å². The number of rotatable bonds is 5. The van der Waals surface area contributed by atoms with Crippen LogP contribution in [0.4, 0.5) is 4.39 Å². The van der Waals surface area contributed by atoms with Gasteiger partial charge in [0, 0.05) is 18.7 Å². The molecule has 1 N–H and O–H groups in total. The van der Waals surface area contributed by atoms with Crippen molar-refractivity contribution in [2.45, 2.75) is 19.5 Å². The first-order valence-electron chi connectivity index (χ1n) is 5.67. The van der Waals surface area contributed by atoms with Gasteiger partial charge in [-0.3, -0.25) is 0 Å². The molecule has 2 aromatic rings. The van der Waals surface area contributed by atoms with Crippen LogP contribution in [0.15, 0.2) is 35.1 Å². The molecule has 1 aromatic heterocycles. The zero-order valence-electron chi connectivity index (χ0n) is 10.3. The average Bonchev–Trinajstić information content (AvgIpc) is 2.89. The zero-order chi connectivity index (χ0) is 13.0. The smallest absolute Gasteiger partial charge is 0.165 e.